The Morgan fingerprint density at radius 3 is 1.09 bits per heavy atom. The minimum atomic E-state index is -2.26. The van der Waals surface area contributed by atoms with E-state index in [2.05, 4.69) is 83.1 Å². The maximum absolute atomic E-state index is 7.44. The summed E-state index contributed by atoms with van der Waals surface area (Å²) in [6, 6.07) is 35.0. The molecule has 12 heteroatoms. The van der Waals surface area contributed by atoms with Crippen molar-refractivity contribution in [1.82, 2.24) is 0 Å². The molecule has 0 saturated heterocycles. The summed E-state index contributed by atoms with van der Waals surface area (Å²) in [6.45, 7) is 25.8. The van der Waals surface area contributed by atoms with Crippen molar-refractivity contribution in [2.24, 2.45) is 0 Å². The van der Waals surface area contributed by atoms with Gasteiger partial charge in [-0.2, -0.15) is 0 Å². The summed E-state index contributed by atoms with van der Waals surface area (Å²) in [7, 11) is 2.30. The molecular formula is C56H66O10P2. The van der Waals surface area contributed by atoms with Gasteiger partial charge in [-0.3, -0.25) is 0 Å². The van der Waals surface area contributed by atoms with Crippen LogP contribution in [0, 0.1) is 0 Å². The van der Waals surface area contributed by atoms with Crippen LogP contribution in [0.25, 0.3) is 33.1 Å². The molecule has 7 rings (SSSR count). The van der Waals surface area contributed by atoms with Crippen LogP contribution in [0.3, 0.4) is 0 Å². The van der Waals surface area contributed by atoms with Crippen LogP contribution in [0.4, 0.5) is 0 Å². The van der Waals surface area contributed by atoms with Gasteiger partial charge in [0.05, 0.1) is 28.4 Å². The average Bonchev–Trinajstić information content (AvgIpc) is 3.43. The largest absolute Gasteiger partial charge is 0.530 e. The van der Waals surface area contributed by atoms with E-state index in [0.717, 1.165) is 33.0 Å². The third-order valence-electron chi connectivity index (χ3n) is 11.5. The number of benzene rings is 6. The Balaban J connectivity index is 1.60. The molecule has 0 aliphatic rings. The maximum Gasteiger partial charge on any atom is 0.530 e. The first kappa shape index (κ1) is 49.9. The summed E-state index contributed by atoms with van der Waals surface area (Å²) >= 11 is 0. The van der Waals surface area contributed by atoms with E-state index in [4.69, 9.17) is 45.4 Å². The van der Waals surface area contributed by atoms with Gasteiger partial charge in [-0.15, -0.1) is 0 Å². The third kappa shape index (κ3) is 11.0. The molecule has 1 heterocycles. The van der Waals surface area contributed by atoms with E-state index in [1.165, 1.54) is 0 Å². The number of rotatable bonds is 13. The van der Waals surface area contributed by atoms with Gasteiger partial charge in [0.2, 0.25) is 0 Å². The van der Waals surface area contributed by atoms with Gasteiger partial charge in [-0.05, 0) is 94.5 Å². The van der Waals surface area contributed by atoms with Gasteiger partial charge >= 0.3 is 16.8 Å². The second kappa shape index (κ2) is 19.6. The van der Waals surface area contributed by atoms with Gasteiger partial charge in [0, 0.05) is 44.2 Å². The minimum absolute atomic E-state index is 0.379. The lowest BCUT2D eigenvalue weighted by Crippen LogP contribution is -2.16. The molecule has 68 heavy (non-hydrogen) atoms. The first-order valence-electron chi connectivity index (χ1n) is 22.7. The van der Waals surface area contributed by atoms with Crippen LogP contribution in [0.2, 0.25) is 0 Å². The van der Waals surface area contributed by atoms with Gasteiger partial charge < -0.3 is 45.4 Å². The Labute approximate surface area is 404 Å². The van der Waals surface area contributed by atoms with E-state index >= 15 is 0 Å². The number of fused-ring (bicyclic) bond motifs is 3. The van der Waals surface area contributed by atoms with Crippen LogP contribution in [0.1, 0.15) is 105 Å². The van der Waals surface area contributed by atoms with Gasteiger partial charge in [-0.1, -0.05) is 119 Å². The zero-order valence-corrected chi connectivity index (χ0v) is 44.2. The topological polar surface area (TPSA) is 100 Å². The summed E-state index contributed by atoms with van der Waals surface area (Å²) in [5.41, 5.74) is 4.39. The van der Waals surface area contributed by atoms with Gasteiger partial charge in [0.1, 0.15) is 57.2 Å². The number of ether oxygens (including phenoxy) is 4. The highest BCUT2D eigenvalue weighted by atomic mass is 31.2. The van der Waals surface area contributed by atoms with Crippen LogP contribution >= 0.6 is 16.8 Å². The highest BCUT2D eigenvalue weighted by Gasteiger charge is 2.34. The van der Waals surface area contributed by atoms with Crippen molar-refractivity contribution in [3.63, 3.8) is 0 Å². The van der Waals surface area contributed by atoms with E-state index < -0.39 is 27.7 Å². The van der Waals surface area contributed by atoms with Crippen LogP contribution in [-0.4, -0.2) is 28.4 Å². The first-order chi connectivity index (χ1) is 32.0. The summed E-state index contributed by atoms with van der Waals surface area (Å²) in [5.74, 6) is 4.82. The highest BCUT2D eigenvalue weighted by Crippen LogP contribution is 2.55. The molecule has 10 nitrogen and oxygen atoms in total. The normalized spacial score (nSPS) is 12.2. The maximum atomic E-state index is 7.44. The Morgan fingerprint density at radius 1 is 0.382 bits per heavy atom. The molecule has 6 aromatic carbocycles. The molecule has 0 atom stereocenters. The minimum Gasteiger partial charge on any atom is -0.497 e. The molecule has 0 radical (unpaired) electrons. The zero-order valence-electron chi connectivity index (χ0n) is 42.4. The number of methoxy groups -OCH3 is 4. The summed E-state index contributed by atoms with van der Waals surface area (Å²) in [5, 5.41) is 1.61. The van der Waals surface area contributed by atoms with Crippen molar-refractivity contribution in [2.75, 3.05) is 28.4 Å². The van der Waals surface area contributed by atoms with Crippen LogP contribution in [0.5, 0.6) is 46.0 Å². The van der Waals surface area contributed by atoms with E-state index in [9.17, 15) is 0 Å². The molecule has 0 N–H and O–H groups in total. The first-order valence-corrected chi connectivity index (χ1v) is 24.9. The fourth-order valence-corrected chi connectivity index (χ4v) is 10.0. The van der Waals surface area contributed by atoms with Crippen molar-refractivity contribution in [2.45, 2.75) is 105 Å². The molecule has 0 bridgehead atoms. The van der Waals surface area contributed by atoms with Crippen LogP contribution < -0.4 is 37.0 Å². The van der Waals surface area contributed by atoms with E-state index in [1.54, 1.807) is 28.4 Å². The molecule has 0 unspecified atom stereocenters. The summed E-state index contributed by atoms with van der Waals surface area (Å²) in [4.78, 5) is 0. The second-order valence-electron chi connectivity index (χ2n) is 20.8. The smallest absolute Gasteiger partial charge is 0.497 e. The lowest BCUT2D eigenvalue weighted by Gasteiger charge is -2.29. The zero-order chi connectivity index (χ0) is 49.3. The molecule has 0 aliphatic heterocycles. The van der Waals surface area contributed by atoms with Gasteiger partial charge in [0.15, 0.2) is 0 Å². The van der Waals surface area contributed by atoms with E-state index in [0.29, 0.717) is 68.3 Å². The Bertz CT molecular complexity index is 2810. The highest BCUT2D eigenvalue weighted by molar-refractivity contribution is 7.43. The Morgan fingerprint density at radius 2 is 0.721 bits per heavy atom. The SMILES string of the molecule is COc1cc(-c2cc(OC)cc(C(C)(C)C)c2Op2oc3c(C(C)(C)C)cc(OC)cc3c3cc(OC)cc(C(C)(C)C)c3o2)c(OP(Oc2ccccc2)Oc2ccccc2)c(C(C)(C)C)c1. The van der Waals surface area contributed by atoms with E-state index in [-0.39, 0.29) is 10.8 Å². The van der Waals surface area contributed by atoms with Gasteiger partial charge in [-0.25, -0.2) is 0 Å². The molecule has 0 saturated carbocycles. The second-order valence-corrected chi connectivity index (χ2v) is 22.8. The van der Waals surface area contributed by atoms with Crippen molar-refractivity contribution in [3.05, 3.63) is 131 Å². The standard InChI is InChI=1S/C56H66O10P2/c1-53(2,3)45-31-37(57-13)27-41(49(45)63-67(61-35-23-19-17-20-24-35)62-36-25-21-18-22-26-36)42-28-38(58-14)32-46(54(4,5)6)50(42)64-68-65-51-43(29-39(59-15)33-47(51)55(7,8)9)44-30-40(60-16)34-48(52(44)66-68)56(10,11)12/h17-34H,1-16H3. The van der Waals surface area contributed by atoms with Crippen LogP contribution in [-0.2, 0) is 21.7 Å². The predicted molar refractivity (Wildman–Crippen MR) is 277 cm³/mol. The Hall–Kier alpha value is -5.95. The third-order valence-corrected chi connectivity index (χ3v) is 13.6. The van der Waals surface area contributed by atoms with Crippen molar-refractivity contribution in [1.29, 1.82) is 0 Å². The van der Waals surface area contributed by atoms with Crippen LogP contribution in [0.15, 0.2) is 118 Å². The molecule has 0 spiro atoms. The lowest BCUT2D eigenvalue weighted by molar-refractivity contribution is 0.380. The lowest BCUT2D eigenvalue weighted by atomic mass is 9.81. The molecule has 0 amide bonds. The average molecular weight is 961 g/mol. The van der Waals surface area contributed by atoms with Gasteiger partial charge in [0.25, 0.3) is 0 Å². The summed E-state index contributed by atoms with van der Waals surface area (Å²) < 4.78 is 66.2. The summed E-state index contributed by atoms with van der Waals surface area (Å²) in [6.07, 6.45) is 0. The molecule has 0 fully saturated rings. The fourth-order valence-electron chi connectivity index (χ4n) is 7.85. The van der Waals surface area contributed by atoms with Crippen molar-refractivity contribution >= 4 is 38.8 Å². The Kier molecular flexibility index (Phi) is 14.4. The van der Waals surface area contributed by atoms with E-state index in [1.807, 2.05) is 109 Å². The molecule has 7 aromatic rings. The number of para-hydroxylation sites is 2. The molecule has 360 valence electrons. The monoisotopic (exact) mass is 960 g/mol. The fraction of sp³-hybridized carbons (Fsp3) is 0.357. The number of hydrogen-bond acceptors (Lipinski definition) is 10. The molecular weight excluding hydrogens is 895 g/mol. The predicted octanol–water partition coefficient (Wildman–Crippen LogP) is 16.8. The quantitative estimate of drug-likeness (QED) is 0.104. The number of hydrogen-bond donors (Lipinski definition) is 0. The van der Waals surface area contributed by atoms with Crippen molar-refractivity contribution < 1.29 is 45.4 Å². The molecule has 0 aliphatic carbocycles. The molecule has 1 aromatic heterocycles. The van der Waals surface area contributed by atoms with Crippen molar-refractivity contribution in [3.8, 4) is 57.1 Å².